The molecule has 2 N–H and O–H groups in total. The average molecular weight is 340 g/mol. The number of carboxylic acid groups (broad SMARTS) is 1. The first kappa shape index (κ1) is 17.0. The molecule has 1 heterocycles. The van der Waals surface area contributed by atoms with E-state index in [1.54, 1.807) is 36.7 Å². The van der Waals surface area contributed by atoms with Crippen molar-refractivity contribution in [3.05, 3.63) is 59.9 Å². The number of carbonyl (C=O) groups is 2. The standard InChI is InChI=1S/C19H20N2O4/c22-18(21-16-7-6-15(9-16)19(23)24)14-4-1-5-17(10-14)25-12-13-3-2-8-20-11-13/h1-5,8,10-11,15-16H,6-7,9,12H2,(H,21,22)(H,23,24)/t15-,16+/m1/s1. The van der Waals surface area contributed by atoms with E-state index in [1.165, 1.54) is 0 Å². The van der Waals surface area contributed by atoms with Crippen LogP contribution < -0.4 is 10.1 Å². The van der Waals surface area contributed by atoms with Crippen LogP contribution in [0.3, 0.4) is 0 Å². The first-order valence-electron chi connectivity index (χ1n) is 8.27. The summed E-state index contributed by atoms with van der Waals surface area (Å²) in [6.07, 6.45) is 5.22. The van der Waals surface area contributed by atoms with Gasteiger partial charge in [-0.3, -0.25) is 14.6 Å². The summed E-state index contributed by atoms with van der Waals surface area (Å²) in [4.78, 5) is 27.4. The molecule has 0 aliphatic heterocycles. The molecule has 1 aliphatic rings. The van der Waals surface area contributed by atoms with Crippen LogP contribution in [-0.4, -0.2) is 28.0 Å². The van der Waals surface area contributed by atoms with Crippen molar-refractivity contribution in [3.8, 4) is 5.75 Å². The molecule has 0 saturated heterocycles. The van der Waals surface area contributed by atoms with Gasteiger partial charge in [-0.05, 0) is 43.5 Å². The molecule has 25 heavy (non-hydrogen) atoms. The maximum Gasteiger partial charge on any atom is 0.306 e. The predicted octanol–water partition coefficient (Wildman–Crippen LogP) is 2.64. The molecule has 1 aromatic heterocycles. The number of aromatic nitrogens is 1. The zero-order valence-corrected chi connectivity index (χ0v) is 13.7. The number of benzene rings is 1. The summed E-state index contributed by atoms with van der Waals surface area (Å²) in [5, 5.41) is 12.0. The number of ether oxygens (including phenoxy) is 1. The highest BCUT2D eigenvalue weighted by Gasteiger charge is 2.30. The molecule has 0 bridgehead atoms. The maximum absolute atomic E-state index is 12.4. The molecule has 0 radical (unpaired) electrons. The fourth-order valence-corrected chi connectivity index (χ4v) is 2.98. The van der Waals surface area contributed by atoms with Gasteiger partial charge in [-0.25, -0.2) is 0 Å². The lowest BCUT2D eigenvalue weighted by Gasteiger charge is -2.13. The van der Waals surface area contributed by atoms with Crippen LogP contribution in [-0.2, 0) is 11.4 Å². The molecule has 2 atom stereocenters. The Bertz CT molecular complexity index is 748. The van der Waals surface area contributed by atoms with Crippen LogP contribution in [0.2, 0.25) is 0 Å². The number of carbonyl (C=O) groups excluding carboxylic acids is 1. The Morgan fingerprint density at radius 3 is 2.84 bits per heavy atom. The van der Waals surface area contributed by atoms with Crippen LogP contribution >= 0.6 is 0 Å². The number of carboxylic acids is 1. The van der Waals surface area contributed by atoms with Gasteiger partial charge in [-0.2, -0.15) is 0 Å². The molecule has 1 aliphatic carbocycles. The minimum Gasteiger partial charge on any atom is -0.489 e. The number of hydrogen-bond donors (Lipinski definition) is 2. The van der Waals surface area contributed by atoms with Crippen LogP contribution in [0.15, 0.2) is 48.8 Å². The molecular formula is C19H20N2O4. The summed E-state index contributed by atoms with van der Waals surface area (Å²) in [5.74, 6) is -0.754. The normalized spacial score (nSPS) is 19.4. The first-order chi connectivity index (χ1) is 12.1. The molecule has 0 spiro atoms. The Balaban J connectivity index is 1.57. The summed E-state index contributed by atoms with van der Waals surface area (Å²) in [7, 11) is 0. The zero-order chi connectivity index (χ0) is 17.6. The van der Waals surface area contributed by atoms with E-state index in [0.29, 0.717) is 37.2 Å². The van der Waals surface area contributed by atoms with Gasteiger partial charge < -0.3 is 15.2 Å². The number of aliphatic carboxylic acids is 1. The highest BCUT2D eigenvalue weighted by atomic mass is 16.5. The summed E-state index contributed by atoms with van der Waals surface area (Å²) in [5.41, 5.74) is 1.45. The van der Waals surface area contributed by atoms with Crippen molar-refractivity contribution in [2.45, 2.75) is 31.9 Å². The Morgan fingerprint density at radius 2 is 2.12 bits per heavy atom. The quantitative estimate of drug-likeness (QED) is 0.844. The third kappa shape index (κ3) is 4.56. The Kier molecular flexibility index (Phi) is 5.28. The summed E-state index contributed by atoms with van der Waals surface area (Å²) in [6, 6.07) is 10.6. The van der Waals surface area contributed by atoms with E-state index in [9.17, 15) is 9.59 Å². The summed E-state index contributed by atoms with van der Waals surface area (Å²) < 4.78 is 5.70. The van der Waals surface area contributed by atoms with Crippen LogP contribution in [0.1, 0.15) is 35.2 Å². The van der Waals surface area contributed by atoms with E-state index in [1.807, 2.05) is 12.1 Å². The Labute approximate surface area is 145 Å². The van der Waals surface area contributed by atoms with Crippen molar-refractivity contribution in [2.75, 3.05) is 0 Å². The van der Waals surface area contributed by atoms with Gasteiger partial charge in [0.15, 0.2) is 0 Å². The monoisotopic (exact) mass is 340 g/mol. The van der Waals surface area contributed by atoms with E-state index in [0.717, 1.165) is 5.56 Å². The lowest BCUT2D eigenvalue weighted by Crippen LogP contribution is -2.33. The second-order valence-electron chi connectivity index (χ2n) is 6.20. The van der Waals surface area contributed by atoms with E-state index < -0.39 is 5.97 Å². The summed E-state index contributed by atoms with van der Waals surface area (Å²) in [6.45, 7) is 0.377. The van der Waals surface area contributed by atoms with Crippen LogP contribution in [0.5, 0.6) is 5.75 Å². The third-order valence-corrected chi connectivity index (χ3v) is 4.34. The number of amides is 1. The molecule has 1 amide bonds. The van der Waals surface area contributed by atoms with Gasteiger partial charge in [0.25, 0.3) is 5.91 Å². The lowest BCUT2D eigenvalue weighted by atomic mass is 10.1. The zero-order valence-electron chi connectivity index (χ0n) is 13.7. The SMILES string of the molecule is O=C(N[C@H]1CC[C@@H](C(=O)O)C1)c1cccc(OCc2cccnc2)c1. The maximum atomic E-state index is 12.4. The van der Waals surface area contributed by atoms with Crippen molar-refractivity contribution >= 4 is 11.9 Å². The second-order valence-corrected chi connectivity index (χ2v) is 6.20. The highest BCUT2D eigenvalue weighted by molar-refractivity contribution is 5.94. The molecular weight excluding hydrogens is 320 g/mol. The van der Waals surface area contributed by atoms with Gasteiger partial charge in [-0.15, -0.1) is 0 Å². The Morgan fingerprint density at radius 1 is 1.24 bits per heavy atom. The van der Waals surface area contributed by atoms with Gasteiger partial charge in [0.2, 0.25) is 0 Å². The van der Waals surface area contributed by atoms with Gasteiger partial charge in [0, 0.05) is 29.6 Å². The van der Waals surface area contributed by atoms with Gasteiger partial charge >= 0.3 is 5.97 Å². The van der Waals surface area contributed by atoms with Crippen molar-refractivity contribution in [2.24, 2.45) is 5.92 Å². The van der Waals surface area contributed by atoms with Gasteiger partial charge in [0.05, 0.1) is 5.92 Å². The fourth-order valence-electron chi connectivity index (χ4n) is 2.98. The van der Waals surface area contributed by atoms with Crippen molar-refractivity contribution < 1.29 is 19.4 Å². The molecule has 0 unspecified atom stereocenters. The molecule has 2 aromatic rings. The van der Waals surface area contributed by atoms with E-state index in [2.05, 4.69) is 10.3 Å². The minimum atomic E-state index is -0.789. The number of pyridine rings is 1. The largest absolute Gasteiger partial charge is 0.489 e. The number of hydrogen-bond acceptors (Lipinski definition) is 4. The predicted molar refractivity (Wildman–Crippen MR) is 91.2 cm³/mol. The van der Waals surface area contributed by atoms with E-state index in [4.69, 9.17) is 9.84 Å². The topological polar surface area (TPSA) is 88.5 Å². The first-order valence-corrected chi connectivity index (χ1v) is 8.27. The number of nitrogens with zero attached hydrogens (tertiary/aromatic N) is 1. The molecule has 1 fully saturated rings. The van der Waals surface area contributed by atoms with Crippen molar-refractivity contribution in [3.63, 3.8) is 0 Å². The molecule has 6 nitrogen and oxygen atoms in total. The Hall–Kier alpha value is -2.89. The van der Waals surface area contributed by atoms with Crippen molar-refractivity contribution in [1.29, 1.82) is 0 Å². The third-order valence-electron chi connectivity index (χ3n) is 4.34. The molecule has 1 aromatic carbocycles. The van der Waals surface area contributed by atoms with Gasteiger partial charge in [-0.1, -0.05) is 12.1 Å². The molecule has 3 rings (SSSR count). The molecule has 130 valence electrons. The van der Waals surface area contributed by atoms with E-state index in [-0.39, 0.29) is 17.9 Å². The molecule has 1 saturated carbocycles. The number of nitrogens with one attached hydrogen (secondary N) is 1. The van der Waals surface area contributed by atoms with Crippen LogP contribution in [0, 0.1) is 5.92 Å². The average Bonchev–Trinajstić information content (AvgIpc) is 3.10. The van der Waals surface area contributed by atoms with Crippen molar-refractivity contribution in [1.82, 2.24) is 10.3 Å². The minimum absolute atomic E-state index is 0.0893. The van der Waals surface area contributed by atoms with Gasteiger partial charge in [0.1, 0.15) is 12.4 Å². The smallest absolute Gasteiger partial charge is 0.306 e. The second kappa shape index (κ2) is 7.79. The van der Waals surface area contributed by atoms with Crippen LogP contribution in [0.4, 0.5) is 0 Å². The lowest BCUT2D eigenvalue weighted by molar-refractivity contribution is -0.141. The number of rotatable bonds is 6. The summed E-state index contributed by atoms with van der Waals surface area (Å²) >= 11 is 0. The highest BCUT2D eigenvalue weighted by Crippen LogP contribution is 2.26. The fraction of sp³-hybridized carbons (Fsp3) is 0.316. The van der Waals surface area contributed by atoms with Crippen LogP contribution in [0.25, 0.3) is 0 Å². The van der Waals surface area contributed by atoms with E-state index >= 15 is 0 Å². The molecule has 6 heteroatoms.